The number of nitrogens with zero attached hydrogens (tertiary/aromatic N) is 2. The minimum Gasteiger partial charge on any atom is -0.508 e. The van der Waals surface area contributed by atoms with Crippen molar-refractivity contribution in [2.45, 2.75) is 45.1 Å². The highest BCUT2D eigenvalue weighted by Gasteiger charge is 2.49. The normalized spacial score (nSPS) is 21.0. The maximum absolute atomic E-state index is 12.8. The van der Waals surface area contributed by atoms with Crippen LogP contribution in [-0.2, 0) is 9.59 Å². The Balaban J connectivity index is 2.64. The largest absolute Gasteiger partial charge is 0.508 e. The van der Waals surface area contributed by atoms with Crippen LogP contribution in [0.3, 0.4) is 0 Å². The second-order valence-corrected chi connectivity index (χ2v) is 7.32. The molecule has 1 heterocycles. The summed E-state index contributed by atoms with van der Waals surface area (Å²) in [5.41, 5.74) is -0.255. The molecule has 0 radical (unpaired) electrons. The number of carbonyl (C=O) groups is 2. The van der Waals surface area contributed by atoms with Crippen molar-refractivity contribution in [3.8, 4) is 5.75 Å². The molecule has 0 bridgehead atoms. The standard InChI is InChI=1S/C17H22N2O3S/c1-6-23-14-9-12(21)7-8-13(14)15-18-17(5,10(2)3)16(22)19(15)11(4)20/h7-10,21H,6H2,1-5H3. The van der Waals surface area contributed by atoms with E-state index >= 15 is 0 Å². The number of phenols is 1. The fraction of sp³-hybridized carbons (Fsp3) is 0.471. The lowest BCUT2D eigenvalue weighted by Crippen LogP contribution is -2.46. The van der Waals surface area contributed by atoms with E-state index in [1.807, 2.05) is 20.8 Å². The number of aliphatic imine (C=N–C) groups is 1. The van der Waals surface area contributed by atoms with E-state index in [4.69, 9.17) is 0 Å². The number of aromatic hydroxyl groups is 1. The molecule has 1 N–H and O–H groups in total. The van der Waals surface area contributed by atoms with Gasteiger partial charge in [-0.05, 0) is 36.8 Å². The summed E-state index contributed by atoms with van der Waals surface area (Å²) in [5, 5.41) is 9.72. The third-order valence-corrected chi connectivity index (χ3v) is 5.07. The molecule has 1 atom stereocenters. The highest BCUT2D eigenvalue weighted by molar-refractivity contribution is 7.99. The third-order valence-electron chi connectivity index (χ3n) is 4.13. The lowest BCUT2D eigenvalue weighted by molar-refractivity contribution is -0.140. The van der Waals surface area contributed by atoms with Gasteiger partial charge in [0.1, 0.15) is 17.1 Å². The first-order valence-electron chi connectivity index (χ1n) is 7.63. The van der Waals surface area contributed by atoms with Crippen LogP contribution in [0.4, 0.5) is 0 Å². The van der Waals surface area contributed by atoms with Gasteiger partial charge in [0.15, 0.2) is 0 Å². The summed E-state index contributed by atoms with van der Waals surface area (Å²) in [4.78, 5) is 31.4. The Bertz CT molecular complexity index is 684. The quantitative estimate of drug-likeness (QED) is 0.859. The van der Waals surface area contributed by atoms with Gasteiger partial charge >= 0.3 is 0 Å². The van der Waals surface area contributed by atoms with E-state index in [2.05, 4.69) is 4.99 Å². The summed E-state index contributed by atoms with van der Waals surface area (Å²) >= 11 is 1.54. The number of amides is 2. The van der Waals surface area contributed by atoms with E-state index < -0.39 is 5.54 Å². The minimum absolute atomic E-state index is 0.0336. The Morgan fingerprint density at radius 2 is 2.09 bits per heavy atom. The molecule has 5 nitrogen and oxygen atoms in total. The minimum atomic E-state index is -0.951. The van der Waals surface area contributed by atoms with Crippen molar-refractivity contribution in [3.05, 3.63) is 23.8 Å². The summed E-state index contributed by atoms with van der Waals surface area (Å²) in [6, 6.07) is 4.90. The molecule has 2 rings (SSSR count). The molecule has 0 aliphatic carbocycles. The maximum Gasteiger partial charge on any atom is 0.262 e. The van der Waals surface area contributed by atoms with Gasteiger partial charge in [-0.3, -0.25) is 14.6 Å². The molecule has 0 spiro atoms. The zero-order chi connectivity index (χ0) is 17.4. The van der Waals surface area contributed by atoms with Gasteiger partial charge in [-0.1, -0.05) is 20.8 Å². The fourth-order valence-corrected chi connectivity index (χ4v) is 3.29. The van der Waals surface area contributed by atoms with Gasteiger partial charge in [-0.25, -0.2) is 4.90 Å². The van der Waals surface area contributed by atoms with Crippen LogP contribution in [0.2, 0.25) is 0 Å². The van der Waals surface area contributed by atoms with Crippen LogP contribution >= 0.6 is 11.8 Å². The number of hydrogen-bond donors (Lipinski definition) is 1. The molecular formula is C17H22N2O3S. The second kappa shape index (κ2) is 6.35. The number of hydrogen-bond acceptors (Lipinski definition) is 5. The molecule has 2 amide bonds. The number of rotatable bonds is 4. The van der Waals surface area contributed by atoms with Gasteiger partial charge in [0.2, 0.25) is 5.91 Å². The van der Waals surface area contributed by atoms with E-state index in [-0.39, 0.29) is 23.5 Å². The molecule has 1 aromatic carbocycles. The Kier molecular flexibility index (Phi) is 4.84. The molecular weight excluding hydrogens is 312 g/mol. The Labute approximate surface area is 140 Å². The average Bonchev–Trinajstić information content (AvgIpc) is 2.73. The average molecular weight is 334 g/mol. The number of imide groups is 1. The van der Waals surface area contributed by atoms with Crippen molar-refractivity contribution >= 4 is 29.4 Å². The first-order chi connectivity index (χ1) is 10.7. The molecule has 6 heteroatoms. The predicted octanol–water partition coefficient (Wildman–Crippen LogP) is 3.05. The molecule has 23 heavy (non-hydrogen) atoms. The van der Waals surface area contributed by atoms with Crippen molar-refractivity contribution in [2.75, 3.05) is 5.75 Å². The molecule has 1 aliphatic heterocycles. The lowest BCUT2D eigenvalue weighted by atomic mass is 9.89. The second-order valence-electron chi connectivity index (χ2n) is 6.01. The van der Waals surface area contributed by atoms with Crippen LogP contribution in [-0.4, -0.2) is 38.9 Å². The number of amidine groups is 1. The van der Waals surface area contributed by atoms with E-state index in [0.717, 1.165) is 15.5 Å². The summed E-state index contributed by atoms with van der Waals surface area (Å²) in [7, 11) is 0. The SMILES string of the molecule is CCSc1cc(O)ccc1C1=NC(C)(C(C)C)C(=O)N1C(C)=O. The van der Waals surface area contributed by atoms with Crippen molar-refractivity contribution in [1.82, 2.24) is 4.90 Å². The first kappa shape index (κ1) is 17.5. The molecule has 0 saturated heterocycles. The zero-order valence-electron chi connectivity index (χ0n) is 14.1. The van der Waals surface area contributed by atoms with Crippen LogP contribution in [0.15, 0.2) is 28.1 Å². The number of thioether (sulfide) groups is 1. The Hall–Kier alpha value is -1.82. The third kappa shape index (κ3) is 3.00. The van der Waals surface area contributed by atoms with E-state index in [1.54, 1.807) is 25.1 Å². The van der Waals surface area contributed by atoms with Crippen LogP contribution in [0.5, 0.6) is 5.75 Å². The van der Waals surface area contributed by atoms with Gasteiger partial charge < -0.3 is 5.11 Å². The molecule has 0 saturated carbocycles. The fourth-order valence-electron chi connectivity index (χ4n) is 2.46. The number of benzene rings is 1. The molecule has 124 valence electrons. The number of carbonyl (C=O) groups excluding carboxylic acids is 2. The van der Waals surface area contributed by atoms with Crippen LogP contribution in [0, 0.1) is 5.92 Å². The van der Waals surface area contributed by atoms with Gasteiger partial charge in [-0.2, -0.15) is 0 Å². The van der Waals surface area contributed by atoms with E-state index in [0.29, 0.717) is 11.4 Å². The summed E-state index contributed by atoms with van der Waals surface area (Å²) in [6.45, 7) is 8.96. The van der Waals surface area contributed by atoms with Gasteiger partial charge in [0.05, 0.1) is 0 Å². The van der Waals surface area contributed by atoms with Crippen LogP contribution in [0.1, 0.15) is 40.2 Å². The van der Waals surface area contributed by atoms with Crippen molar-refractivity contribution in [1.29, 1.82) is 0 Å². The van der Waals surface area contributed by atoms with Gasteiger partial charge in [0, 0.05) is 17.4 Å². The summed E-state index contributed by atoms with van der Waals surface area (Å²) in [6.07, 6.45) is 0. The van der Waals surface area contributed by atoms with Gasteiger partial charge in [-0.15, -0.1) is 11.8 Å². The highest BCUT2D eigenvalue weighted by Crippen LogP contribution is 2.35. The molecule has 1 unspecified atom stereocenters. The zero-order valence-corrected chi connectivity index (χ0v) is 14.9. The highest BCUT2D eigenvalue weighted by atomic mass is 32.2. The maximum atomic E-state index is 12.8. The Morgan fingerprint density at radius 1 is 1.43 bits per heavy atom. The molecule has 0 fully saturated rings. The predicted molar refractivity (Wildman–Crippen MR) is 91.8 cm³/mol. The molecule has 1 aliphatic rings. The van der Waals surface area contributed by atoms with Gasteiger partial charge in [0.25, 0.3) is 5.91 Å². The molecule has 0 aromatic heterocycles. The molecule has 1 aromatic rings. The van der Waals surface area contributed by atoms with E-state index in [9.17, 15) is 14.7 Å². The number of phenolic OH excluding ortho intramolecular Hbond substituents is 1. The van der Waals surface area contributed by atoms with Crippen molar-refractivity contribution in [3.63, 3.8) is 0 Å². The van der Waals surface area contributed by atoms with E-state index in [1.165, 1.54) is 18.7 Å². The first-order valence-corrected chi connectivity index (χ1v) is 8.62. The van der Waals surface area contributed by atoms with Crippen LogP contribution in [0.25, 0.3) is 0 Å². The topological polar surface area (TPSA) is 70.0 Å². The Morgan fingerprint density at radius 3 is 2.61 bits per heavy atom. The van der Waals surface area contributed by atoms with Crippen molar-refractivity contribution < 1.29 is 14.7 Å². The summed E-state index contributed by atoms with van der Waals surface area (Å²) in [5.74, 6) is 0.646. The lowest BCUT2D eigenvalue weighted by Gasteiger charge is -2.24. The smallest absolute Gasteiger partial charge is 0.262 e. The monoisotopic (exact) mass is 334 g/mol. The van der Waals surface area contributed by atoms with Crippen LogP contribution < -0.4 is 0 Å². The summed E-state index contributed by atoms with van der Waals surface area (Å²) < 4.78 is 0. The van der Waals surface area contributed by atoms with Crippen molar-refractivity contribution in [2.24, 2.45) is 10.9 Å².